The van der Waals surface area contributed by atoms with Gasteiger partial charge in [0.2, 0.25) is 0 Å². The predicted molar refractivity (Wildman–Crippen MR) is 121 cm³/mol. The van der Waals surface area contributed by atoms with Crippen molar-refractivity contribution in [1.82, 2.24) is 4.90 Å². The summed E-state index contributed by atoms with van der Waals surface area (Å²) < 4.78 is 26.4. The van der Waals surface area contributed by atoms with Gasteiger partial charge in [-0.15, -0.1) is 0 Å². The molecule has 2 radical (unpaired) electrons. The second kappa shape index (κ2) is 7.79. The van der Waals surface area contributed by atoms with Gasteiger partial charge in [0.05, 0.1) is 0 Å². The van der Waals surface area contributed by atoms with Crippen LogP contribution in [0.2, 0.25) is 0 Å². The molecule has 2 heterocycles. The Morgan fingerprint density at radius 1 is 1.12 bits per heavy atom. The first-order valence-electron chi connectivity index (χ1n) is 10.2. The molecule has 1 amide bonds. The van der Waals surface area contributed by atoms with Gasteiger partial charge in [0, 0.05) is 0 Å². The minimum atomic E-state index is -1.25. The van der Waals surface area contributed by atoms with Crippen molar-refractivity contribution in [3.8, 4) is 22.6 Å². The molecule has 5 rings (SSSR count). The van der Waals surface area contributed by atoms with Crippen LogP contribution in [-0.4, -0.2) is 53.0 Å². The number of carbonyl (C=O) groups is 1. The van der Waals surface area contributed by atoms with Crippen LogP contribution >= 0.6 is 0 Å². The summed E-state index contributed by atoms with van der Waals surface area (Å²) in [5, 5.41) is 0. The van der Waals surface area contributed by atoms with E-state index in [4.69, 9.17) is 14.5 Å². The van der Waals surface area contributed by atoms with Gasteiger partial charge in [-0.25, -0.2) is 0 Å². The average Bonchev–Trinajstić information content (AvgIpc) is 3.37. The number of nitrogens with zero attached hydrogens (tertiary/aromatic N) is 2. The number of ether oxygens (including phenoxy) is 2. The van der Waals surface area contributed by atoms with E-state index < -0.39 is 11.4 Å². The number of rotatable bonds is 4. The van der Waals surface area contributed by atoms with Crippen molar-refractivity contribution < 1.29 is 18.7 Å². The average molecular weight is 490 g/mol. The van der Waals surface area contributed by atoms with Crippen molar-refractivity contribution in [1.29, 1.82) is 0 Å². The Kier molecular flexibility index (Phi) is 5.05. The van der Waals surface area contributed by atoms with Crippen molar-refractivity contribution in [2.45, 2.75) is 12.0 Å². The van der Waals surface area contributed by atoms with Crippen molar-refractivity contribution in [2.24, 2.45) is 4.99 Å². The molecule has 5 nitrogen and oxygen atoms in total. The summed E-state index contributed by atoms with van der Waals surface area (Å²) in [6, 6.07) is 18.2. The first-order chi connectivity index (χ1) is 15.5. The van der Waals surface area contributed by atoms with E-state index in [0.717, 1.165) is 23.3 Å². The summed E-state index contributed by atoms with van der Waals surface area (Å²) in [5.41, 5.74) is 2.30. The molecule has 0 aromatic heterocycles. The Labute approximate surface area is 194 Å². The first kappa shape index (κ1) is 20.8. The van der Waals surface area contributed by atoms with Gasteiger partial charge in [-0.1, -0.05) is 0 Å². The molecule has 0 aliphatic carbocycles. The van der Waals surface area contributed by atoms with E-state index in [-0.39, 0.29) is 11.7 Å². The number of amidine groups is 1. The molecule has 3 aromatic carbocycles. The molecular formula is C25H20AsFN2O3. The molecule has 3 aromatic rings. The number of aliphatic imine (C=N–C) groups is 1. The number of hydrogen-bond donors (Lipinski definition) is 0. The van der Waals surface area contributed by atoms with Gasteiger partial charge < -0.3 is 0 Å². The molecule has 0 fully saturated rings. The SMILES string of the molecule is COc1cccc(-c2cccc(C3(c4ccc5c(c4)CCO5)N=C([As])N(C)C3=O)c2)c1F. The van der Waals surface area contributed by atoms with Crippen molar-refractivity contribution in [3.05, 3.63) is 83.2 Å². The summed E-state index contributed by atoms with van der Waals surface area (Å²) in [5.74, 6) is 0.410. The standard InChI is InChI=1S/C25H20AsFN2O3/c1-29-23(30)25(28-24(29)26,18-9-10-20-16(14-18)11-12-32-20)17-6-3-5-15(13-17)19-7-4-8-21(31-2)22(19)27/h3-10,13-14H,11-12H2,1-2H3. The van der Waals surface area contributed by atoms with Gasteiger partial charge in [-0.3, -0.25) is 0 Å². The fraction of sp³-hybridized carbons (Fsp3) is 0.200. The molecule has 0 spiro atoms. The van der Waals surface area contributed by atoms with Crippen LogP contribution < -0.4 is 9.47 Å². The number of hydrogen-bond acceptors (Lipinski definition) is 4. The van der Waals surface area contributed by atoms with Gasteiger partial charge >= 0.3 is 194 Å². The van der Waals surface area contributed by atoms with E-state index in [9.17, 15) is 9.18 Å². The molecule has 1 unspecified atom stereocenters. The van der Waals surface area contributed by atoms with E-state index in [0.29, 0.717) is 27.9 Å². The number of fused-ring (bicyclic) bond motifs is 1. The van der Waals surface area contributed by atoms with Crippen LogP contribution in [-0.2, 0) is 16.8 Å². The van der Waals surface area contributed by atoms with Gasteiger partial charge in [-0.2, -0.15) is 0 Å². The Bertz CT molecular complexity index is 1280. The van der Waals surface area contributed by atoms with Gasteiger partial charge in [-0.05, 0) is 0 Å². The van der Waals surface area contributed by atoms with E-state index in [1.807, 2.05) is 42.5 Å². The summed E-state index contributed by atoms with van der Waals surface area (Å²) in [4.78, 5) is 20.0. The van der Waals surface area contributed by atoms with Crippen LogP contribution in [0.25, 0.3) is 11.1 Å². The van der Waals surface area contributed by atoms with E-state index >= 15 is 0 Å². The fourth-order valence-electron chi connectivity index (χ4n) is 4.36. The number of carbonyl (C=O) groups excluding carboxylic acids is 1. The molecule has 7 heteroatoms. The normalized spacial score (nSPS) is 19.6. The molecule has 0 bridgehead atoms. The van der Waals surface area contributed by atoms with Crippen LogP contribution in [0.15, 0.2) is 65.7 Å². The maximum atomic E-state index is 15.0. The minimum absolute atomic E-state index is 0.157. The fourth-order valence-corrected chi connectivity index (χ4v) is 4.87. The topological polar surface area (TPSA) is 51.1 Å². The van der Waals surface area contributed by atoms with E-state index in [1.165, 1.54) is 7.11 Å². The third-order valence-electron chi connectivity index (χ3n) is 6.06. The number of methoxy groups -OCH3 is 1. The Morgan fingerprint density at radius 3 is 2.66 bits per heavy atom. The zero-order valence-electron chi connectivity index (χ0n) is 17.6. The Hall–Kier alpha value is -3.11. The molecule has 0 saturated heterocycles. The van der Waals surface area contributed by atoms with Crippen LogP contribution in [0.4, 0.5) is 4.39 Å². The quantitative estimate of drug-likeness (QED) is 0.525. The molecule has 0 saturated carbocycles. The van der Waals surface area contributed by atoms with E-state index in [1.54, 1.807) is 30.1 Å². The van der Waals surface area contributed by atoms with Crippen molar-refractivity contribution >= 4 is 27.4 Å². The molecule has 2 aliphatic rings. The first-order valence-corrected chi connectivity index (χ1v) is 11.2. The van der Waals surface area contributed by atoms with Crippen LogP contribution in [0, 0.1) is 5.82 Å². The third-order valence-corrected chi connectivity index (χ3v) is 6.90. The number of benzene rings is 3. The Balaban J connectivity index is 1.71. The summed E-state index contributed by atoms with van der Waals surface area (Å²) in [6.45, 7) is 0.628. The zero-order chi connectivity index (χ0) is 22.5. The zero-order valence-corrected chi connectivity index (χ0v) is 19.5. The van der Waals surface area contributed by atoms with Gasteiger partial charge in [0.1, 0.15) is 0 Å². The van der Waals surface area contributed by atoms with Gasteiger partial charge in [0.25, 0.3) is 0 Å². The molecule has 160 valence electrons. The van der Waals surface area contributed by atoms with Gasteiger partial charge in [0.15, 0.2) is 0 Å². The summed E-state index contributed by atoms with van der Waals surface area (Å²) in [6.07, 6.45) is 0.789. The van der Waals surface area contributed by atoms with Crippen LogP contribution in [0.5, 0.6) is 11.5 Å². The van der Waals surface area contributed by atoms with Crippen LogP contribution in [0.3, 0.4) is 0 Å². The molecule has 2 aliphatic heterocycles. The third kappa shape index (κ3) is 3.05. The number of halogens is 1. The monoisotopic (exact) mass is 490 g/mol. The summed E-state index contributed by atoms with van der Waals surface area (Å²) in [7, 11) is 3.15. The van der Waals surface area contributed by atoms with Crippen molar-refractivity contribution in [2.75, 3.05) is 20.8 Å². The second-order valence-electron chi connectivity index (χ2n) is 7.81. The number of likely N-dealkylation sites (N-methyl/N-ethyl adjacent to an activating group) is 1. The molecule has 32 heavy (non-hydrogen) atoms. The Morgan fingerprint density at radius 2 is 1.91 bits per heavy atom. The predicted octanol–water partition coefficient (Wildman–Crippen LogP) is 3.68. The molecule has 0 N–H and O–H groups in total. The second-order valence-corrected chi connectivity index (χ2v) is 8.65. The van der Waals surface area contributed by atoms with E-state index in [2.05, 4.69) is 16.9 Å². The summed E-state index contributed by atoms with van der Waals surface area (Å²) >= 11 is 2.36. The molecular weight excluding hydrogens is 470 g/mol. The number of amides is 1. The van der Waals surface area contributed by atoms with Crippen LogP contribution in [0.1, 0.15) is 16.7 Å². The molecule has 1 atom stereocenters. The van der Waals surface area contributed by atoms with Crippen molar-refractivity contribution in [3.63, 3.8) is 0 Å². The maximum absolute atomic E-state index is 15.0.